The van der Waals surface area contributed by atoms with Crippen molar-refractivity contribution in [3.05, 3.63) is 59.9 Å². The van der Waals surface area contributed by atoms with Gasteiger partial charge in [-0.2, -0.15) is 0 Å². The van der Waals surface area contributed by atoms with Crippen LogP contribution in [-0.4, -0.2) is 42.0 Å². The second-order valence-electron chi connectivity index (χ2n) is 5.74. The van der Waals surface area contributed by atoms with E-state index in [1.54, 1.807) is 0 Å². The van der Waals surface area contributed by atoms with Gasteiger partial charge in [-0.3, -0.25) is 4.90 Å². The predicted octanol–water partition coefficient (Wildman–Crippen LogP) is 4.16. The molecule has 1 atom stereocenters. The van der Waals surface area contributed by atoms with Crippen LogP contribution < -0.4 is 0 Å². The first kappa shape index (κ1) is 19.1. The fourth-order valence-corrected chi connectivity index (χ4v) is 2.98. The standard InChI is InChI=1S/C21H30N2/c1-7-11-13-18(5)21(20(10-4)12-8-2)23-16-14-22(15-17-23)19(6)9-3/h3,7-8,10-13,21H,6,14-17H2,1-2,4-5H3/b11-7-,12-8-,18-13+,20-10+. The van der Waals surface area contributed by atoms with Crippen LogP contribution in [0.25, 0.3) is 0 Å². The molecule has 124 valence electrons. The lowest BCUT2D eigenvalue weighted by Gasteiger charge is -2.41. The molecule has 0 saturated carbocycles. The van der Waals surface area contributed by atoms with E-state index in [1.807, 2.05) is 6.92 Å². The minimum atomic E-state index is 0.314. The first-order valence-electron chi connectivity index (χ1n) is 8.31. The highest BCUT2D eigenvalue weighted by Gasteiger charge is 2.26. The monoisotopic (exact) mass is 310 g/mol. The summed E-state index contributed by atoms with van der Waals surface area (Å²) >= 11 is 0. The van der Waals surface area contributed by atoms with Gasteiger partial charge in [-0.25, -0.2) is 0 Å². The SMILES string of the molecule is C#CC(=C)N1CCN(C(/C(C)=C/C=C\C)C(/C=C\C)=C/C)CC1. The molecule has 1 rings (SSSR count). The van der Waals surface area contributed by atoms with Gasteiger partial charge in [0.25, 0.3) is 0 Å². The summed E-state index contributed by atoms with van der Waals surface area (Å²) in [6.07, 6.45) is 18.4. The molecule has 1 saturated heterocycles. The lowest BCUT2D eigenvalue weighted by molar-refractivity contribution is 0.147. The second kappa shape index (κ2) is 9.92. The highest BCUT2D eigenvalue weighted by molar-refractivity contribution is 5.35. The van der Waals surface area contributed by atoms with Crippen LogP contribution in [-0.2, 0) is 0 Å². The van der Waals surface area contributed by atoms with Crippen LogP contribution in [0, 0.1) is 12.3 Å². The summed E-state index contributed by atoms with van der Waals surface area (Å²) in [6.45, 7) is 16.2. The first-order chi connectivity index (χ1) is 11.1. The van der Waals surface area contributed by atoms with Crippen LogP contribution in [0.5, 0.6) is 0 Å². The van der Waals surface area contributed by atoms with Crippen LogP contribution in [0.4, 0.5) is 0 Å². The molecule has 0 radical (unpaired) electrons. The Morgan fingerprint density at radius 1 is 1.13 bits per heavy atom. The fraction of sp³-hybridized carbons (Fsp3) is 0.429. The van der Waals surface area contributed by atoms with E-state index in [-0.39, 0.29) is 0 Å². The first-order valence-corrected chi connectivity index (χ1v) is 8.31. The summed E-state index contributed by atoms with van der Waals surface area (Å²) < 4.78 is 0. The molecule has 2 heteroatoms. The van der Waals surface area contributed by atoms with Crippen LogP contribution in [0.3, 0.4) is 0 Å². The normalized spacial score (nSPS) is 19.3. The van der Waals surface area contributed by atoms with Gasteiger partial charge in [-0.05, 0) is 33.3 Å². The molecule has 0 aliphatic carbocycles. The van der Waals surface area contributed by atoms with Gasteiger partial charge in [0.05, 0.1) is 11.7 Å². The number of rotatable bonds is 6. The van der Waals surface area contributed by atoms with Crippen molar-refractivity contribution in [3.63, 3.8) is 0 Å². The topological polar surface area (TPSA) is 6.48 Å². The van der Waals surface area contributed by atoms with Crippen LogP contribution in [0.1, 0.15) is 27.7 Å². The quantitative estimate of drug-likeness (QED) is 0.537. The molecular weight excluding hydrogens is 280 g/mol. The van der Waals surface area contributed by atoms with Crippen molar-refractivity contribution in [1.29, 1.82) is 0 Å². The summed E-state index contributed by atoms with van der Waals surface area (Å²) in [5.41, 5.74) is 3.50. The average molecular weight is 310 g/mol. The third-order valence-corrected chi connectivity index (χ3v) is 4.22. The Morgan fingerprint density at radius 3 is 2.26 bits per heavy atom. The van der Waals surface area contributed by atoms with Gasteiger partial charge in [-0.1, -0.05) is 54.5 Å². The third kappa shape index (κ3) is 5.30. The molecule has 1 fully saturated rings. The van der Waals surface area contributed by atoms with Crippen molar-refractivity contribution in [2.75, 3.05) is 26.2 Å². The van der Waals surface area contributed by atoms with Crippen molar-refractivity contribution in [3.8, 4) is 12.3 Å². The van der Waals surface area contributed by atoms with E-state index in [4.69, 9.17) is 6.42 Å². The van der Waals surface area contributed by atoms with Gasteiger partial charge >= 0.3 is 0 Å². The number of piperazine rings is 1. The predicted molar refractivity (Wildman–Crippen MR) is 102 cm³/mol. The maximum absolute atomic E-state index is 5.47. The van der Waals surface area contributed by atoms with Crippen molar-refractivity contribution < 1.29 is 0 Å². The Labute approximate surface area is 142 Å². The highest BCUT2D eigenvalue weighted by atomic mass is 15.3. The minimum Gasteiger partial charge on any atom is -0.363 e. The van der Waals surface area contributed by atoms with Gasteiger partial charge in [-0.15, -0.1) is 6.42 Å². The van der Waals surface area contributed by atoms with E-state index >= 15 is 0 Å². The number of hydrogen-bond acceptors (Lipinski definition) is 2. The van der Waals surface area contributed by atoms with E-state index in [1.165, 1.54) is 11.1 Å². The van der Waals surface area contributed by atoms with Gasteiger partial charge in [0.1, 0.15) is 0 Å². The molecule has 0 aromatic heterocycles. The summed E-state index contributed by atoms with van der Waals surface area (Å²) in [5, 5.41) is 0. The van der Waals surface area contributed by atoms with Crippen LogP contribution in [0.15, 0.2) is 59.9 Å². The Kier molecular flexibility index (Phi) is 8.22. The summed E-state index contributed by atoms with van der Waals surface area (Å²) in [7, 11) is 0. The summed E-state index contributed by atoms with van der Waals surface area (Å²) in [4.78, 5) is 4.73. The molecule has 0 aromatic rings. The number of hydrogen-bond donors (Lipinski definition) is 0. The summed E-state index contributed by atoms with van der Waals surface area (Å²) in [6, 6.07) is 0.314. The third-order valence-electron chi connectivity index (χ3n) is 4.22. The van der Waals surface area contributed by atoms with Crippen molar-refractivity contribution in [2.24, 2.45) is 0 Å². The average Bonchev–Trinajstić information content (AvgIpc) is 2.59. The Balaban J connectivity index is 2.99. The zero-order valence-electron chi connectivity index (χ0n) is 15.0. The van der Waals surface area contributed by atoms with E-state index in [0.717, 1.165) is 31.9 Å². The number of terminal acetylenes is 1. The van der Waals surface area contributed by atoms with E-state index in [0.29, 0.717) is 6.04 Å². The van der Waals surface area contributed by atoms with E-state index < -0.39 is 0 Å². The molecule has 0 aromatic carbocycles. The molecule has 1 heterocycles. The maximum Gasteiger partial charge on any atom is 0.0804 e. The number of nitrogens with zero attached hydrogens (tertiary/aromatic N) is 2. The molecule has 0 N–H and O–H groups in total. The van der Waals surface area contributed by atoms with Gasteiger partial charge < -0.3 is 4.90 Å². The second-order valence-corrected chi connectivity index (χ2v) is 5.74. The largest absolute Gasteiger partial charge is 0.363 e. The van der Waals surface area contributed by atoms with Gasteiger partial charge in [0.15, 0.2) is 0 Å². The number of allylic oxidation sites excluding steroid dienone is 6. The van der Waals surface area contributed by atoms with Crippen LogP contribution in [0.2, 0.25) is 0 Å². The lowest BCUT2D eigenvalue weighted by atomic mass is 9.96. The van der Waals surface area contributed by atoms with Gasteiger partial charge in [0, 0.05) is 26.2 Å². The van der Waals surface area contributed by atoms with Crippen LogP contribution >= 0.6 is 0 Å². The van der Waals surface area contributed by atoms with E-state index in [9.17, 15) is 0 Å². The summed E-state index contributed by atoms with van der Waals surface area (Å²) in [5.74, 6) is 2.65. The zero-order valence-corrected chi connectivity index (χ0v) is 15.0. The van der Waals surface area contributed by atoms with Gasteiger partial charge in [0.2, 0.25) is 0 Å². The molecule has 1 aliphatic heterocycles. The maximum atomic E-state index is 5.47. The lowest BCUT2D eigenvalue weighted by Crippen LogP contribution is -2.50. The van der Waals surface area contributed by atoms with E-state index in [2.05, 4.69) is 79.5 Å². The Hall–Kier alpha value is -1.98. The molecule has 0 amide bonds. The molecule has 0 spiro atoms. The molecule has 2 nitrogen and oxygen atoms in total. The Morgan fingerprint density at radius 2 is 1.78 bits per heavy atom. The highest BCUT2D eigenvalue weighted by Crippen LogP contribution is 2.23. The molecule has 23 heavy (non-hydrogen) atoms. The van der Waals surface area contributed by atoms with Crippen molar-refractivity contribution >= 4 is 0 Å². The molecular formula is C21H30N2. The minimum absolute atomic E-state index is 0.314. The zero-order chi connectivity index (χ0) is 17.2. The molecule has 1 unspecified atom stereocenters. The Bertz CT molecular complexity index is 547. The fourth-order valence-electron chi connectivity index (χ4n) is 2.98. The van der Waals surface area contributed by atoms with Crippen molar-refractivity contribution in [2.45, 2.75) is 33.7 Å². The smallest absolute Gasteiger partial charge is 0.0804 e. The molecule has 0 bridgehead atoms. The van der Waals surface area contributed by atoms with Crippen molar-refractivity contribution in [1.82, 2.24) is 9.80 Å². The molecule has 1 aliphatic rings.